The van der Waals surface area contributed by atoms with Gasteiger partial charge in [0.1, 0.15) is 5.41 Å². The largest absolute Gasteiger partial charge is 0.480 e. The summed E-state index contributed by atoms with van der Waals surface area (Å²) in [5.41, 5.74) is -0.771. The fraction of sp³-hybridized carbons (Fsp3) is 0.375. The summed E-state index contributed by atoms with van der Waals surface area (Å²) < 4.78 is 33.0. The third kappa shape index (κ3) is 4.78. The van der Waals surface area contributed by atoms with E-state index < -0.39 is 33.2 Å². The molecule has 1 heterocycles. The molecule has 3 rings (SSSR count). The Morgan fingerprint density at radius 2 is 1.79 bits per heavy atom. The van der Waals surface area contributed by atoms with Gasteiger partial charge in [0.25, 0.3) is 10.0 Å². The van der Waals surface area contributed by atoms with Crippen molar-refractivity contribution < 1.29 is 32.6 Å². The van der Waals surface area contributed by atoms with Crippen LogP contribution in [0.2, 0.25) is 0 Å². The summed E-state index contributed by atoms with van der Waals surface area (Å²) in [5.74, 6) is -2.46. The van der Waals surface area contributed by atoms with Gasteiger partial charge in [-0.05, 0) is 57.4 Å². The van der Waals surface area contributed by atoms with Crippen molar-refractivity contribution in [2.24, 2.45) is 5.41 Å². The lowest BCUT2D eigenvalue weighted by Crippen LogP contribution is -2.41. The monoisotopic (exact) mass is 473 g/mol. The molecule has 0 fully saturated rings. The number of carbonyl (C=O) groups is 3. The van der Waals surface area contributed by atoms with Crippen LogP contribution in [0.4, 0.5) is 5.69 Å². The van der Waals surface area contributed by atoms with Crippen LogP contribution < -0.4 is 4.31 Å². The second-order valence-corrected chi connectivity index (χ2v) is 9.89. The lowest BCUT2D eigenvalue weighted by Gasteiger charge is -2.27. The molecule has 0 saturated heterocycles. The van der Waals surface area contributed by atoms with Crippen LogP contribution in [0.3, 0.4) is 0 Å². The number of sulfonamides is 1. The maximum absolute atomic E-state index is 13.5. The Bertz CT molecular complexity index is 1160. The number of aliphatic carboxylic acids is 1. The molecule has 8 nitrogen and oxygen atoms in total. The molecule has 9 heteroatoms. The molecule has 1 N–H and O–H groups in total. The lowest BCUT2D eigenvalue weighted by molar-refractivity contribution is -0.148. The Balaban J connectivity index is 2.02. The number of hydrogen-bond acceptors (Lipinski definition) is 6. The second-order valence-electron chi connectivity index (χ2n) is 8.03. The average molecular weight is 474 g/mol. The maximum atomic E-state index is 13.5. The Kier molecular flexibility index (Phi) is 7.22. The molecule has 0 bridgehead atoms. The number of carboxylic acid groups (broad SMARTS) is 1. The number of fused-ring (bicyclic) bond motifs is 1. The highest BCUT2D eigenvalue weighted by Crippen LogP contribution is 2.41. The number of aryl methyl sites for hydroxylation is 1. The summed E-state index contributed by atoms with van der Waals surface area (Å²) in [6.45, 7) is 3.53. The van der Waals surface area contributed by atoms with Gasteiger partial charge in [-0.3, -0.25) is 18.7 Å². The van der Waals surface area contributed by atoms with Crippen molar-refractivity contribution in [3.63, 3.8) is 0 Å². The fourth-order valence-electron chi connectivity index (χ4n) is 4.07. The van der Waals surface area contributed by atoms with Crippen LogP contribution in [0.15, 0.2) is 53.4 Å². The molecule has 0 aliphatic carbocycles. The Labute approximate surface area is 193 Å². The van der Waals surface area contributed by atoms with Crippen LogP contribution in [0.5, 0.6) is 0 Å². The van der Waals surface area contributed by atoms with Crippen molar-refractivity contribution in [1.29, 1.82) is 0 Å². The van der Waals surface area contributed by atoms with Gasteiger partial charge in [0.2, 0.25) is 0 Å². The highest BCUT2D eigenvalue weighted by atomic mass is 32.2. The van der Waals surface area contributed by atoms with Gasteiger partial charge in [0, 0.05) is 18.5 Å². The topological polar surface area (TPSA) is 118 Å². The third-order valence-electron chi connectivity index (χ3n) is 5.90. The lowest BCUT2D eigenvalue weighted by atomic mass is 9.74. The van der Waals surface area contributed by atoms with E-state index in [1.54, 1.807) is 31.2 Å². The zero-order chi connectivity index (χ0) is 24.2. The molecule has 0 radical (unpaired) electrons. The summed E-state index contributed by atoms with van der Waals surface area (Å²) in [4.78, 5) is 37.7. The number of carboxylic acids is 1. The minimum atomic E-state index is -4.04. The number of carbonyl (C=O) groups excluding carboxylic acids is 2. The van der Waals surface area contributed by atoms with Gasteiger partial charge >= 0.3 is 11.9 Å². The fourth-order valence-corrected chi connectivity index (χ4v) is 5.56. The van der Waals surface area contributed by atoms with Crippen molar-refractivity contribution in [1.82, 2.24) is 0 Å². The van der Waals surface area contributed by atoms with E-state index in [1.807, 2.05) is 6.92 Å². The molecule has 2 aromatic rings. The number of para-hydroxylation sites is 1. The van der Waals surface area contributed by atoms with Gasteiger partial charge in [0.05, 0.1) is 17.2 Å². The van der Waals surface area contributed by atoms with Crippen LogP contribution >= 0.6 is 0 Å². The average Bonchev–Trinajstić information content (AvgIpc) is 2.90. The number of anilines is 1. The zero-order valence-corrected chi connectivity index (χ0v) is 19.4. The highest BCUT2D eigenvalue weighted by molar-refractivity contribution is 7.92. The van der Waals surface area contributed by atoms with Crippen molar-refractivity contribution in [3.8, 4) is 0 Å². The minimum absolute atomic E-state index is 0.0246. The van der Waals surface area contributed by atoms with E-state index in [0.29, 0.717) is 0 Å². The number of esters is 1. The Morgan fingerprint density at radius 3 is 2.42 bits per heavy atom. The first-order valence-electron chi connectivity index (χ1n) is 10.8. The predicted octanol–water partition coefficient (Wildman–Crippen LogP) is 3.58. The first-order valence-corrected chi connectivity index (χ1v) is 12.2. The van der Waals surface area contributed by atoms with Gasteiger partial charge in [-0.15, -0.1) is 0 Å². The standard InChI is InChI=1S/C24H27NO7S/c1-3-32-21(26)9-6-14-24(23(28)29)15-16-25(20-8-5-4-7-19(20)22(24)27)33(30,31)18-12-10-17(2)11-13-18/h4-5,7-8,10-13H,3,6,9,14-16H2,1-2H3,(H,28,29). The Hall–Kier alpha value is -3.20. The number of ketones is 1. The first-order chi connectivity index (χ1) is 15.6. The molecule has 1 atom stereocenters. The van der Waals surface area contributed by atoms with E-state index >= 15 is 0 Å². The molecule has 0 aromatic heterocycles. The van der Waals surface area contributed by atoms with Crippen molar-refractivity contribution >= 4 is 33.4 Å². The minimum Gasteiger partial charge on any atom is -0.480 e. The Morgan fingerprint density at radius 1 is 1.12 bits per heavy atom. The molecule has 176 valence electrons. The smallest absolute Gasteiger partial charge is 0.317 e. The summed E-state index contributed by atoms with van der Waals surface area (Å²) in [5, 5.41) is 10.1. The zero-order valence-electron chi connectivity index (χ0n) is 18.6. The second kappa shape index (κ2) is 9.74. The third-order valence-corrected chi connectivity index (χ3v) is 7.73. The maximum Gasteiger partial charge on any atom is 0.317 e. The van der Waals surface area contributed by atoms with E-state index in [2.05, 4.69) is 0 Å². The SMILES string of the molecule is CCOC(=O)CCCC1(C(=O)O)CCN(S(=O)(=O)c2ccc(C)cc2)c2ccccc2C1=O. The van der Waals surface area contributed by atoms with E-state index in [-0.39, 0.29) is 55.0 Å². The summed E-state index contributed by atoms with van der Waals surface area (Å²) in [6, 6.07) is 12.5. The van der Waals surface area contributed by atoms with E-state index in [4.69, 9.17) is 4.74 Å². The summed E-state index contributed by atoms with van der Waals surface area (Å²) >= 11 is 0. The highest BCUT2D eigenvalue weighted by Gasteiger charge is 2.49. The number of nitrogens with zero attached hydrogens (tertiary/aromatic N) is 1. The van der Waals surface area contributed by atoms with Crippen molar-refractivity contribution in [3.05, 3.63) is 59.7 Å². The first kappa shape index (κ1) is 24.4. The van der Waals surface area contributed by atoms with Crippen molar-refractivity contribution in [2.75, 3.05) is 17.5 Å². The van der Waals surface area contributed by atoms with Gasteiger partial charge < -0.3 is 9.84 Å². The van der Waals surface area contributed by atoms with Gasteiger partial charge in [0.15, 0.2) is 5.78 Å². The van der Waals surface area contributed by atoms with E-state index in [9.17, 15) is 27.9 Å². The van der Waals surface area contributed by atoms with Gasteiger partial charge in [-0.2, -0.15) is 0 Å². The molecule has 0 amide bonds. The molecular weight excluding hydrogens is 446 g/mol. The predicted molar refractivity (Wildman–Crippen MR) is 122 cm³/mol. The molecule has 2 aromatic carbocycles. The molecule has 33 heavy (non-hydrogen) atoms. The van der Waals surface area contributed by atoms with Crippen LogP contribution in [0.1, 0.15) is 48.5 Å². The quantitative estimate of drug-likeness (QED) is 0.460. The number of Topliss-reactive ketones (excluding diaryl/α,β-unsaturated/α-hetero) is 1. The molecule has 1 aliphatic heterocycles. The number of ether oxygens (including phenoxy) is 1. The molecular formula is C24H27NO7S. The summed E-state index contributed by atoms with van der Waals surface area (Å²) in [7, 11) is -4.04. The molecule has 1 aliphatic rings. The molecule has 0 saturated carbocycles. The number of hydrogen-bond donors (Lipinski definition) is 1. The van der Waals surface area contributed by atoms with Gasteiger partial charge in [-0.1, -0.05) is 29.8 Å². The number of rotatable bonds is 8. The summed E-state index contributed by atoms with van der Waals surface area (Å²) in [6.07, 6.45) is -0.219. The van der Waals surface area contributed by atoms with Crippen molar-refractivity contribution in [2.45, 2.75) is 44.4 Å². The van der Waals surface area contributed by atoms with Crippen LogP contribution in [-0.4, -0.2) is 44.4 Å². The number of benzene rings is 2. The van der Waals surface area contributed by atoms with E-state index in [1.165, 1.54) is 24.3 Å². The molecule has 1 unspecified atom stereocenters. The van der Waals surface area contributed by atoms with E-state index in [0.717, 1.165) is 9.87 Å². The normalized spacial score (nSPS) is 18.4. The molecule has 0 spiro atoms. The van der Waals surface area contributed by atoms with Crippen LogP contribution in [0, 0.1) is 12.3 Å². The van der Waals surface area contributed by atoms with Crippen LogP contribution in [-0.2, 0) is 24.3 Å². The van der Waals surface area contributed by atoms with Crippen LogP contribution in [0.25, 0.3) is 0 Å². The van der Waals surface area contributed by atoms with Gasteiger partial charge in [-0.25, -0.2) is 8.42 Å².